The van der Waals surface area contributed by atoms with Crippen molar-refractivity contribution in [1.82, 2.24) is 0 Å². The van der Waals surface area contributed by atoms with E-state index in [-0.39, 0.29) is 23.8 Å². The Labute approximate surface area is 209 Å². The largest absolute Gasteiger partial charge is 0.370 e. The average Bonchev–Trinajstić information content (AvgIpc) is 2.77. The van der Waals surface area contributed by atoms with Crippen LogP contribution in [-0.2, 0) is 0 Å². The molecule has 2 aromatic rings. The van der Waals surface area contributed by atoms with Gasteiger partial charge in [0.1, 0.15) is 0 Å². The number of guanidine groups is 4. The minimum Gasteiger partial charge on any atom is -0.370 e. The van der Waals surface area contributed by atoms with Crippen LogP contribution >= 0.6 is 23.2 Å². The third-order valence-corrected chi connectivity index (χ3v) is 5.14. The van der Waals surface area contributed by atoms with Gasteiger partial charge in [-0.2, -0.15) is 9.98 Å². The second-order valence-electron chi connectivity index (χ2n) is 7.14. The molecule has 0 aliphatic carbocycles. The van der Waals surface area contributed by atoms with Crippen LogP contribution in [0.25, 0.3) is 0 Å². The van der Waals surface area contributed by atoms with Crippen molar-refractivity contribution in [2.75, 3.05) is 18.0 Å². The first-order chi connectivity index (χ1) is 16.3. The molecule has 0 atom stereocenters. The third kappa shape index (κ3) is 8.80. The van der Waals surface area contributed by atoms with Gasteiger partial charge in [0.15, 0.2) is 5.96 Å². The Kier molecular flexibility index (Phi) is 10.9. The van der Waals surface area contributed by atoms with Crippen LogP contribution in [0.5, 0.6) is 0 Å². The number of benzene rings is 2. The summed E-state index contributed by atoms with van der Waals surface area (Å²) in [6.45, 7) is 1.06. The summed E-state index contributed by atoms with van der Waals surface area (Å²) in [5.74, 6) is 0.132. The predicted molar refractivity (Wildman–Crippen MR) is 144 cm³/mol. The van der Waals surface area contributed by atoms with Gasteiger partial charge in [-0.3, -0.25) is 14.9 Å². The van der Waals surface area contributed by atoms with Gasteiger partial charge in [0.05, 0.1) is 21.4 Å². The molecule has 0 spiro atoms. The van der Waals surface area contributed by atoms with E-state index in [1.807, 2.05) is 36.4 Å². The van der Waals surface area contributed by atoms with Gasteiger partial charge in [0.25, 0.3) is 0 Å². The normalized spacial score (nSPS) is 12.5. The van der Waals surface area contributed by atoms with E-state index in [2.05, 4.69) is 20.0 Å². The summed E-state index contributed by atoms with van der Waals surface area (Å²) >= 11 is 12.8. The lowest BCUT2D eigenvalue weighted by atomic mass is 10.2. The smallest absolute Gasteiger partial charge is 0.218 e. The Morgan fingerprint density at radius 2 is 1.09 bits per heavy atom. The van der Waals surface area contributed by atoms with Gasteiger partial charge < -0.3 is 28.7 Å². The topological polar surface area (TPSA) is 183 Å². The zero-order valence-electron chi connectivity index (χ0n) is 18.7. The molecule has 10 nitrogen and oxygen atoms in total. The highest BCUT2D eigenvalue weighted by atomic mass is 35.5. The van der Waals surface area contributed by atoms with Gasteiger partial charge in [-0.25, -0.2) is 0 Å². The highest BCUT2D eigenvalue weighted by Crippen LogP contribution is 2.35. The molecule has 0 aliphatic heterocycles. The number of nitrogens with two attached hydrogens (primary N) is 5. The van der Waals surface area contributed by atoms with Gasteiger partial charge >= 0.3 is 0 Å². The zero-order valence-corrected chi connectivity index (χ0v) is 20.3. The minimum absolute atomic E-state index is 0.0659. The second kappa shape index (κ2) is 13.9. The first-order valence-corrected chi connectivity index (χ1v) is 11.4. The fourth-order valence-corrected chi connectivity index (χ4v) is 3.42. The molecule has 2 aromatic carbocycles. The first-order valence-electron chi connectivity index (χ1n) is 10.6. The van der Waals surface area contributed by atoms with E-state index in [9.17, 15) is 0 Å². The maximum Gasteiger partial charge on any atom is 0.218 e. The summed E-state index contributed by atoms with van der Waals surface area (Å²) in [5, 5.41) is 0.973. The van der Waals surface area contributed by atoms with Gasteiger partial charge in [0, 0.05) is 13.1 Å². The lowest BCUT2D eigenvalue weighted by molar-refractivity contribution is 0.653. The number of aliphatic imine (C=N–C) groups is 4. The molecule has 0 bridgehead atoms. The van der Waals surface area contributed by atoms with Crippen LogP contribution in [-0.4, -0.2) is 36.9 Å². The Hall–Kier alpha value is -3.50. The molecule has 0 radical (unpaired) electrons. The number of hydrogen-bond donors (Lipinski definition) is 5. The summed E-state index contributed by atoms with van der Waals surface area (Å²) in [4.78, 5) is 17.9. The van der Waals surface area contributed by atoms with E-state index in [0.29, 0.717) is 34.5 Å². The lowest BCUT2D eigenvalue weighted by Crippen LogP contribution is -2.35. The highest BCUT2D eigenvalue weighted by molar-refractivity contribution is 6.36. The van der Waals surface area contributed by atoms with Crippen LogP contribution in [0.4, 0.5) is 11.4 Å². The molecule has 0 aliphatic rings. The van der Waals surface area contributed by atoms with Crippen molar-refractivity contribution in [3.8, 4) is 0 Å². The molecule has 12 heteroatoms. The molecule has 0 amide bonds. The van der Waals surface area contributed by atoms with E-state index in [1.54, 1.807) is 17.0 Å². The van der Waals surface area contributed by atoms with Crippen molar-refractivity contribution >= 4 is 58.4 Å². The maximum atomic E-state index is 6.41. The summed E-state index contributed by atoms with van der Waals surface area (Å²) < 4.78 is 0. The van der Waals surface area contributed by atoms with E-state index >= 15 is 0 Å². The zero-order chi connectivity index (χ0) is 24.9. The lowest BCUT2D eigenvalue weighted by Gasteiger charge is -2.25. The van der Waals surface area contributed by atoms with Crippen LogP contribution in [0.2, 0.25) is 10.0 Å². The average molecular weight is 505 g/mol. The maximum absolute atomic E-state index is 6.41. The fourth-order valence-electron chi connectivity index (χ4n) is 2.98. The second-order valence-corrected chi connectivity index (χ2v) is 7.95. The van der Waals surface area contributed by atoms with Crippen molar-refractivity contribution in [3.05, 3.63) is 58.6 Å². The predicted octanol–water partition coefficient (Wildman–Crippen LogP) is 2.91. The van der Waals surface area contributed by atoms with Crippen molar-refractivity contribution in [1.29, 1.82) is 0 Å². The summed E-state index contributed by atoms with van der Waals surface area (Å²) in [6, 6.07) is 14.5. The summed E-state index contributed by atoms with van der Waals surface area (Å²) in [5.41, 5.74) is 29.6. The van der Waals surface area contributed by atoms with Crippen LogP contribution in [0.3, 0.4) is 0 Å². The van der Waals surface area contributed by atoms with Gasteiger partial charge in [-0.05, 0) is 37.1 Å². The van der Waals surface area contributed by atoms with Gasteiger partial charge in [-0.15, -0.1) is 0 Å². The van der Waals surface area contributed by atoms with Crippen molar-refractivity contribution < 1.29 is 0 Å². The van der Waals surface area contributed by atoms with Crippen molar-refractivity contribution in [3.63, 3.8) is 0 Å². The Morgan fingerprint density at radius 1 is 0.647 bits per heavy atom. The molecular formula is C22H30Cl2N10. The van der Waals surface area contributed by atoms with Crippen LogP contribution in [0.1, 0.15) is 25.7 Å². The summed E-state index contributed by atoms with van der Waals surface area (Å²) in [6.07, 6.45) is 3.59. The van der Waals surface area contributed by atoms with E-state index in [1.165, 1.54) is 0 Å². The SMILES string of the molecule is NC(N)=NC(N)=NCCCCCCN=C(N)/N=C(\N)N(c1ccccc1Cl)c1ccccc1Cl. The van der Waals surface area contributed by atoms with Crippen molar-refractivity contribution in [2.45, 2.75) is 25.7 Å². The van der Waals surface area contributed by atoms with Crippen LogP contribution in [0, 0.1) is 0 Å². The molecule has 0 unspecified atom stereocenters. The van der Waals surface area contributed by atoms with E-state index in [4.69, 9.17) is 51.9 Å². The molecule has 34 heavy (non-hydrogen) atoms. The molecule has 0 saturated heterocycles. The molecule has 0 aromatic heterocycles. The molecule has 0 saturated carbocycles. The fraction of sp³-hybridized carbons (Fsp3) is 0.273. The number of unbranched alkanes of at least 4 members (excludes halogenated alkanes) is 3. The minimum atomic E-state index is -0.109. The quantitative estimate of drug-likeness (QED) is 0.198. The molecule has 0 fully saturated rings. The number of halogens is 2. The Morgan fingerprint density at radius 3 is 1.53 bits per heavy atom. The molecule has 2 rings (SSSR count). The van der Waals surface area contributed by atoms with Crippen LogP contribution < -0.4 is 33.6 Å². The number of nitrogens with zero attached hydrogens (tertiary/aromatic N) is 5. The first kappa shape index (κ1) is 26.7. The standard InChI is InChI=1S/C22H30Cl2N10/c23-15-9-3-5-11-17(15)34(18-12-6-4-10-16(18)24)22(29)33-21(28)31-14-8-2-1-7-13-30-20(27)32-19(25)26/h3-6,9-12H,1-2,7-8,13-14H2,(H4,28,29,31,33)(H6,25,26,27,30,32). The number of hydrogen-bond acceptors (Lipinski definition) is 2. The number of para-hydroxylation sites is 2. The monoisotopic (exact) mass is 504 g/mol. The Balaban J connectivity index is 1.97. The number of rotatable bonds is 9. The molecular weight excluding hydrogens is 475 g/mol. The third-order valence-electron chi connectivity index (χ3n) is 4.50. The van der Waals surface area contributed by atoms with Crippen LogP contribution in [0.15, 0.2) is 68.5 Å². The Bertz CT molecular complexity index is 1020. The van der Waals surface area contributed by atoms with Gasteiger partial charge in [-0.1, -0.05) is 60.3 Å². The van der Waals surface area contributed by atoms with Crippen molar-refractivity contribution in [2.24, 2.45) is 48.6 Å². The van der Waals surface area contributed by atoms with E-state index < -0.39 is 0 Å². The summed E-state index contributed by atoms with van der Waals surface area (Å²) in [7, 11) is 0. The number of anilines is 2. The van der Waals surface area contributed by atoms with E-state index in [0.717, 1.165) is 25.7 Å². The highest BCUT2D eigenvalue weighted by Gasteiger charge is 2.19. The molecule has 182 valence electrons. The molecule has 0 heterocycles. The molecule has 10 N–H and O–H groups in total. The van der Waals surface area contributed by atoms with Gasteiger partial charge in [0.2, 0.25) is 17.9 Å².